The minimum absolute atomic E-state index is 0.598. The average Bonchev–Trinajstić information content (AvgIpc) is 2.83. The van der Waals surface area contributed by atoms with Gasteiger partial charge in [0, 0.05) is 18.8 Å². The van der Waals surface area contributed by atoms with Gasteiger partial charge in [-0.2, -0.15) is 0 Å². The summed E-state index contributed by atoms with van der Waals surface area (Å²) in [7, 11) is 0. The van der Waals surface area contributed by atoms with Crippen LogP contribution in [-0.2, 0) is 4.74 Å². The standard InChI is InChI=1S/C27H40N2O3/c1-3-5-7-8-9-10-11-20-31-25-16-14-24(15-17-25)27-28-22-26(23-29-27)32-21-13-12-19-30-18-6-4-2/h10-11,14-17,22-23H,3-9,12-13,18-21H2,1-2H3. The molecule has 0 spiro atoms. The van der Waals surface area contributed by atoms with Crippen LogP contribution in [0, 0.1) is 0 Å². The van der Waals surface area contributed by atoms with E-state index in [1.54, 1.807) is 12.4 Å². The van der Waals surface area contributed by atoms with E-state index in [1.807, 2.05) is 24.3 Å². The van der Waals surface area contributed by atoms with Crippen LogP contribution >= 0.6 is 0 Å². The molecule has 0 saturated carbocycles. The first kappa shape index (κ1) is 25.9. The highest BCUT2D eigenvalue weighted by molar-refractivity contribution is 5.56. The van der Waals surface area contributed by atoms with Crippen LogP contribution in [0.15, 0.2) is 48.8 Å². The lowest BCUT2D eigenvalue weighted by molar-refractivity contribution is 0.123. The fourth-order valence-electron chi connectivity index (χ4n) is 3.10. The Kier molecular flexibility index (Phi) is 13.9. The van der Waals surface area contributed by atoms with E-state index in [9.17, 15) is 0 Å². The number of aromatic nitrogens is 2. The fraction of sp³-hybridized carbons (Fsp3) is 0.556. The molecule has 5 heteroatoms. The van der Waals surface area contributed by atoms with Crippen LogP contribution in [-0.4, -0.2) is 36.4 Å². The second kappa shape index (κ2) is 17.2. The van der Waals surface area contributed by atoms with E-state index < -0.39 is 0 Å². The molecule has 2 aromatic rings. The monoisotopic (exact) mass is 440 g/mol. The summed E-state index contributed by atoms with van der Waals surface area (Å²) >= 11 is 0. The van der Waals surface area contributed by atoms with Crippen molar-refractivity contribution in [3.05, 3.63) is 48.8 Å². The Morgan fingerprint density at radius 3 is 2.16 bits per heavy atom. The minimum atomic E-state index is 0.598. The zero-order valence-electron chi connectivity index (χ0n) is 19.9. The molecular formula is C27H40N2O3. The Labute approximate surface area is 194 Å². The van der Waals surface area contributed by atoms with Crippen molar-refractivity contribution >= 4 is 0 Å². The van der Waals surface area contributed by atoms with Gasteiger partial charge < -0.3 is 14.2 Å². The fourth-order valence-corrected chi connectivity index (χ4v) is 3.10. The summed E-state index contributed by atoms with van der Waals surface area (Å²) in [5.41, 5.74) is 0.958. The Morgan fingerprint density at radius 2 is 1.41 bits per heavy atom. The van der Waals surface area contributed by atoms with Gasteiger partial charge >= 0.3 is 0 Å². The number of allylic oxidation sites excluding steroid dienone is 1. The van der Waals surface area contributed by atoms with Crippen LogP contribution in [0.4, 0.5) is 0 Å². The highest BCUT2D eigenvalue weighted by atomic mass is 16.5. The smallest absolute Gasteiger partial charge is 0.159 e. The normalized spacial score (nSPS) is 11.2. The van der Waals surface area contributed by atoms with E-state index in [0.29, 0.717) is 24.8 Å². The van der Waals surface area contributed by atoms with Crippen LogP contribution < -0.4 is 9.47 Å². The van der Waals surface area contributed by atoms with Crippen molar-refractivity contribution in [2.45, 2.75) is 71.6 Å². The third kappa shape index (κ3) is 11.3. The Bertz CT molecular complexity index is 730. The van der Waals surface area contributed by atoms with Crippen LogP contribution in [0.3, 0.4) is 0 Å². The predicted molar refractivity (Wildman–Crippen MR) is 131 cm³/mol. The number of unbranched alkanes of at least 4 members (excludes halogenated alkanes) is 6. The number of ether oxygens (including phenoxy) is 3. The van der Waals surface area contributed by atoms with Crippen molar-refractivity contribution in [2.75, 3.05) is 26.4 Å². The Hall–Kier alpha value is -2.40. The predicted octanol–water partition coefficient (Wildman–Crippen LogP) is 7.02. The molecule has 2 rings (SSSR count). The number of nitrogens with zero attached hydrogens (tertiary/aromatic N) is 2. The largest absolute Gasteiger partial charge is 0.490 e. The molecule has 0 radical (unpaired) electrons. The molecule has 0 amide bonds. The van der Waals surface area contributed by atoms with E-state index in [2.05, 4.69) is 36.0 Å². The van der Waals surface area contributed by atoms with Crippen molar-refractivity contribution in [1.82, 2.24) is 9.97 Å². The number of hydrogen-bond acceptors (Lipinski definition) is 5. The topological polar surface area (TPSA) is 53.5 Å². The van der Waals surface area contributed by atoms with Crippen LogP contribution in [0.25, 0.3) is 11.4 Å². The summed E-state index contributed by atoms with van der Waals surface area (Å²) in [5, 5.41) is 0. The summed E-state index contributed by atoms with van der Waals surface area (Å²) in [6.07, 6.45) is 18.4. The SMILES string of the molecule is CCCCCCC=CCOc1ccc(-c2ncc(OCCCCOCCCC)cn2)cc1. The summed E-state index contributed by atoms with van der Waals surface area (Å²) in [5.74, 6) is 2.23. The van der Waals surface area contributed by atoms with Gasteiger partial charge in [-0.25, -0.2) is 9.97 Å². The highest BCUT2D eigenvalue weighted by Crippen LogP contribution is 2.20. The van der Waals surface area contributed by atoms with Gasteiger partial charge in [0.15, 0.2) is 11.6 Å². The molecule has 0 aliphatic carbocycles. The van der Waals surface area contributed by atoms with E-state index in [4.69, 9.17) is 14.2 Å². The molecular weight excluding hydrogens is 400 g/mol. The lowest BCUT2D eigenvalue weighted by Gasteiger charge is -2.07. The zero-order valence-corrected chi connectivity index (χ0v) is 19.9. The molecule has 0 fully saturated rings. The zero-order chi connectivity index (χ0) is 22.7. The molecule has 0 atom stereocenters. The van der Waals surface area contributed by atoms with Gasteiger partial charge in [0.05, 0.1) is 19.0 Å². The molecule has 1 aromatic heterocycles. The number of rotatable bonds is 18. The summed E-state index contributed by atoms with van der Waals surface area (Å²) in [6.45, 7) is 7.31. The second-order valence-corrected chi connectivity index (χ2v) is 7.92. The maximum Gasteiger partial charge on any atom is 0.159 e. The van der Waals surface area contributed by atoms with Crippen molar-refractivity contribution in [3.8, 4) is 22.9 Å². The van der Waals surface area contributed by atoms with Gasteiger partial charge in [-0.15, -0.1) is 0 Å². The first-order valence-electron chi connectivity index (χ1n) is 12.2. The van der Waals surface area contributed by atoms with Crippen molar-refractivity contribution < 1.29 is 14.2 Å². The maximum atomic E-state index is 5.78. The quantitative estimate of drug-likeness (QED) is 0.184. The lowest BCUT2D eigenvalue weighted by atomic mass is 10.1. The molecule has 32 heavy (non-hydrogen) atoms. The number of benzene rings is 1. The average molecular weight is 441 g/mol. The molecule has 5 nitrogen and oxygen atoms in total. The van der Waals surface area contributed by atoms with E-state index >= 15 is 0 Å². The first-order chi connectivity index (χ1) is 15.8. The minimum Gasteiger partial charge on any atom is -0.490 e. The van der Waals surface area contributed by atoms with E-state index in [-0.39, 0.29) is 0 Å². The third-order valence-corrected chi connectivity index (χ3v) is 5.07. The van der Waals surface area contributed by atoms with Crippen molar-refractivity contribution in [2.24, 2.45) is 0 Å². The van der Waals surface area contributed by atoms with Gasteiger partial charge in [0.2, 0.25) is 0 Å². The molecule has 0 N–H and O–H groups in total. The molecule has 0 saturated heterocycles. The molecule has 1 aromatic carbocycles. The van der Waals surface area contributed by atoms with E-state index in [0.717, 1.165) is 50.2 Å². The molecule has 1 heterocycles. The van der Waals surface area contributed by atoms with Gasteiger partial charge in [-0.1, -0.05) is 51.7 Å². The molecule has 0 aliphatic rings. The second-order valence-electron chi connectivity index (χ2n) is 7.92. The van der Waals surface area contributed by atoms with Crippen molar-refractivity contribution in [1.29, 1.82) is 0 Å². The van der Waals surface area contributed by atoms with Crippen LogP contribution in [0.1, 0.15) is 71.6 Å². The van der Waals surface area contributed by atoms with Gasteiger partial charge in [0.25, 0.3) is 0 Å². The summed E-state index contributed by atoms with van der Waals surface area (Å²) < 4.78 is 17.1. The third-order valence-electron chi connectivity index (χ3n) is 5.07. The molecule has 0 aliphatic heterocycles. The lowest BCUT2D eigenvalue weighted by Crippen LogP contribution is -2.02. The highest BCUT2D eigenvalue weighted by Gasteiger charge is 2.03. The van der Waals surface area contributed by atoms with E-state index in [1.165, 1.54) is 32.1 Å². The van der Waals surface area contributed by atoms with Gasteiger partial charge in [0.1, 0.15) is 12.4 Å². The number of hydrogen-bond donors (Lipinski definition) is 0. The Balaban J connectivity index is 1.64. The maximum absolute atomic E-state index is 5.78. The molecule has 0 unspecified atom stereocenters. The van der Waals surface area contributed by atoms with Crippen LogP contribution in [0.5, 0.6) is 11.5 Å². The van der Waals surface area contributed by atoms with Gasteiger partial charge in [-0.3, -0.25) is 0 Å². The van der Waals surface area contributed by atoms with Gasteiger partial charge in [-0.05, 0) is 56.4 Å². The van der Waals surface area contributed by atoms with Crippen molar-refractivity contribution in [3.63, 3.8) is 0 Å². The molecule has 176 valence electrons. The summed E-state index contributed by atoms with van der Waals surface area (Å²) in [6, 6.07) is 7.89. The molecule has 0 bridgehead atoms. The van der Waals surface area contributed by atoms with Crippen LogP contribution in [0.2, 0.25) is 0 Å². The first-order valence-corrected chi connectivity index (χ1v) is 12.2. The Morgan fingerprint density at radius 1 is 0.688 bits per heavy atom. The summed E-state index contributed by atoms with van der Waals surface area (Å²) in [4.78, 5) is 8.86.